The maximum absolute atomic E-state index is 13.0. The van der Waals surface area contributed by atoms with Gasteiger partial charge in [-0.05, 0) is 24.3 Å². The van der Waals surface area contributed by atoms with Crippen LogP contribution in [0.2, 0.25) is 0 Å². The van der Waals surface area contributed by atoms with Gasteiger partial charge in [0.15, 0.2) is 0 Å². The molecular weight excluding hydrogens is 314 g/mol. The third kappa shape index (κ3) is 2.85. The van der Waals surface area contributed by atoms with Crippen LogP contribution in [0.25, 0.3) is 10.9 Å². The van der Waals surface area contributed by atoms with E-state index >= 15 is 0 Å². The molecule has 0 saturated carbocycles. The van der Waals surface area contributed by atoms with Gasteiger partial charge in [-0.15, -0.1) is 0 Å². The molecular formula is C17H15NO4S. The summed E-state index contributed by atoms with van der Waals surface area (Å²) >= 11 is 0. The fraction of sp³-hybridized carbons (Fsp3) is 0.118. The van der Waals surface area contributed by atoms with Crippen molar-refractivity contribution in [3.05, 3.63) is 66.4 Å². The number of para-hydroxylation sites is 1. The van der Waals surface area contributed by atoms with E-state index in [9.17, 15) is 13.2 Å². The third-order valence-corrected chi connectivity index (χ3v) is 5.22. The largest absolute Gasteiger partial charge is 0.459 e. The van der Waals surface area contributed by atoms with E-state index in [0.29, 0.717) is 11.2 Å². The van der Waals surface area contributed by atoms with E-state index in [1.54, 1.807) is 48.5 Å². The average molecular weight is 329 g/mol. The minimum atomic E-state index is -3.78. The van der Waals surface area contributed by atoms with Crippen LogP contribution in [0.5, 0.6) is 0 Å². The van der Waals surface area contributed by atoms with Gasteiger partial charge >= 0.3 is 5.97 Å². The summed E-state index contributed by atoms with van der Waals surface area (Å²) < 4.78 is 32.2. The Bertz CT molecular complexity index is 959. The van der Waals surface area contributed by atoms with E-state index in [1.807, 2.05) is 12.1 Å². The highest BCUT2D eigenvalue weighted by molar-refractivity contribution is 7.90. The topological polar surface area (TPSA) is 65.4 Å². The van der Waals surface area contributed by atoms with Crippen LogP contribution in [0.1, 0.15) is 12.6 Å². The molecule has 2 aromatic carbocycles. The van der Waals surface area contributed by atoms with Gasteiger partial charge in [0.05, 0.1) is 16.1 Å². The molecule has 23 heavy (non-hydrogen) atoms. The second kappa shape index (κ2) is 5.89. The summed E-state index contributed by atoms with van der Waals surface area (Å²) in [5, 5.41) is 0.772. The summed E-state index contributed by atoms with van der Waals surface area (Å²) in [4.78, 5) is 11.3. The molecule has 118 valence electrons. The van der Waals surface area contributed by atoms with Crippen molar-refractivity contribution >= 4 is 26.9 Å². The maximum atomic E-state index is 13.0. The Hall–Kier alpha value is -2.60. The second-order valence-corrected chi connectivity index (χ2v) is 6.84. The molecule has 0 spiro atoms. The normalized spacial score (nSPS) is 11.5. The first-order valence-electron chi connectivity index (χ1n) is 7.03. The minimum Gasteiger partial charge on any atom is -0.459 e. The van der Waals surface area contributed by atoms with E-state index in [1.165, 1.54) is 10.9 Å². The number of nitrogens with zero attached hydrogens (tertiary/aromatic N) is 1. The summed E-state index contributed by atoms with van der Waals surface area (Å²) in [7, 11) is -3.78. The maximum Gasteiger partial charge on any atom is 0.303 e. The quantitative estimate of drug-likeness (QED) is 0.690. The average Bonchev–Trinajstić information content (AvgIpc) is 2.93. The highest BCUT2D eigenvalue weighted by Crippen LogP contribution is 2.26. The zero-order valence-corrected chi connectivity index (χ0v) is 13.3. The lowest BCUT2D eigenvalue weighted by atomic mass is 10.2. The highest BCUT2D eigenvalue weighted by atomic mass is 32.2. The van der Waals surface area contributed by atoms with E-state index < -0.39 is 16.0 Å². The molecule has 3 aromatic rings. The number of aromatic nitrogens is 1. The zero-order valence-electron chi connectivity index (χ0n) is 12.5. The summed E-state index contributed by atoms with van der Waals surface area (Å²) in [5.74, 6) is -0.459. The fourth-order valence-corrected chi connectivity index (χ4v) is 4.00. The zero-order chi connectivity index (χ0) is 16.4. The van der Waals surface area contributed by atoms with Gasteiger partial charge in [-0.2, -0.15) is 0 Å². The lowest BCUT2D eigenvalue weighted by Crippen LogP contribution is -2.16. The molecule has 1 heterocycles. The first kappa shape index (κ1) is 15.3. The Labute approximate surface area is 134 Å². The van der Waals surface area contributed by atoms with Crippen LogP contribution < -0.4 is 0 Å². The van der Waals surface area contributed by atoms with E-state index in [0.717, 1.165) is 5.39 Å². The molecule has 1 aromatic heterocycles. The van der Waals surface area contributed by atoms with Crippen molar-refractivity contribution in [1.82, 2.24) is 3.97 Å². The molecule has 0 N–H and O–H groups in total. The number of esters is 1. The molecule has 0 aliphatic rings. The SMILES string of the molecule is CC(=O)OCc1cc2ccccc2n1S(=O)(=O)c1ccccc1. The van der Waals surface area contributed by atoms with Gasteiger partial charge in [-0.1, -0.05) is 36.4 Å². The number of hydrogen-bond acceptors (Lipinski definition) is 4. The number of ether oxygens (including phenoxy) is 1. The summed E-state index contributed by atoms with van der Waals surface area (Å²) in [6.07, 6.45) is 0. The fourth-order valence-electron chi connectivity index (χ4n) is 2.44. The van der Waals surface area contributed by atoms with Crippen LogP contribution >= 0.6 is 0 Å². The Balaban J connectivity index is 2.22. The summed E-state index contributed by atoms with van der Waals surface area (Å²) in [5.41, 5.74) is 0.962. The lowest BCUT2D eigenvalue weighted by Gasteiger charge is -2.12. The van der Waals surface area contributed by atoms with Crippen LogP contribution in [0.3, 0.4) is 0 Å². The van der Waals surface area contributed by atoms with Crippen LogP contribution in [0.4, 0.5) is 0 Å². The van der Waals surface area contributed by atoms with Crippen LogP contribution in [0, 0.1) is 0 Å². The Morgan fingerprint density at radius 2 is 1.70 bits per heavy atom. The van der Waals surface area contributed by atoms with Crippen molar-refractivity contribution in [2.45, 2.75) is 18.4 Å². The molecule has 0 aliphatic heterocycles. The number of carbonyl (C=O) groups is 1. The highest BCUT2D eigenvalue weighted by Gasteiger charge is 2.23. The predicted molar refractivity (Wildman–Crippen MR) is 86.4 cm³/mol. The predicted octanol–water partition coefficient (Wildman–Crippen LogP) is 2.94. The minimum absolute atomic E-state index is 0.101. The molecule has 0 unspecified atom stereocenters. The summed E-state index contributed by atoms with van der Waals surface area (Å²) in [6.45, 7) is 1.19. The lowest BCUT2D eigenvalue weighted by molar-refractivity contribution is -0.142. The Kier molecular flexibility index (Phi) is 3.92. The van der Waals surface area contributed by atoms with Crippen molar-refractivity contribution in [2.75, 3.05) is 0 Å². The number of rotatable bonds is 4. The van der Waals surface area contributed by atoms with Crippen LogP contribution in [-0.4, -0.2) is 18.4 Å². The Morgan fingerprint density at radius 3 is 2.39 bits per heavy atom. The van der Waals surface area contributed by atoms with E-state index in [4.69, 9.17) is 4.74 Å². The van der Waals surface area contributed by atoms with Crippen LogP contribution in [-0.2, 0) is 26.2 Å². The monoisotopic (exact) mass is 329 g/mol. The number of benzene rings is 2. The molecule has 0 amide bonds. The first-order chi connectivity index (χ1) is 11.0. The Morgan fingerprint density at radius 1 is 1.04 bits per heavy atom. The molecule has 6 heteroatoms. The molecule has 0 fully saturated rings. The molecule has 0 atom stereocenters. The van der Waals surface area contributed by atoms with Crippen molar-refractivity contribution in [3.63, 3.8) is 0 Å². The first-order valence-corrected chi connectivity index (χ1v) is 8.47. The van der Waals surface area contributed by atoms with E-state index in [2.05, 4.69) is 0 Å². The van der Waals surface area contributed by atoms with Gasteiger partial charge in [0.1, 0.15) is 6.61 Å². The molecule has 5 nitrogen and oxygen atoms in total. The van der Waals surface area contributed by atoms with Gasteiger partial charge in [-0.25, -0.2) is 12.4 Å². The molecule has 0 radical (unpaired) electrons. The smallest absolute Gasteiger partial charge is 0.303 e. The van der Waals surface area contributed by atoms with Crippen molar-refractivity contribution < 1.29 is 17.9 Å². The molecule has 0 saturated heterocycles. The van der Waals surface area contributed by atoms with Gasteiger partial charge < -0.3 is 4.74 Å². The summed E-state index contributed by atoms with van der Waals surface area (Å²) in [6, 6.07) is 17.1. The molecule has 0 bridgehead atoms. The van der Waals surface area contributed by atoms with Gasteiger partial charge in [0.25, 0.3) is 10.0 Å². The number of fused-ring (bicyclic) bond motifs is 1. The number of carbonyl (C=O) groups excluding carboxylic acids is 1. The number of hydrogen-bond donors (Lipinski definition) is 0. The van der Waals surface area contributed by atoms with Crippen LogP contribution in [0.15, 0.2) is 65.6 Å². The van der Waals surface area contributed by atoms with Gasteiger partial charge in [0, 0.05) is 12.3 Å². The van der Waals surface area contributed by atoms with Crippen molar-refractivity contribution in [1.29, 1.82) is 0 Å². The second-order valence-electron chi connectivity index (χ2n) is 5.06. The van der Waals surface area contributed by atoms with Crippen molar-refractivity contribution in [2.24, 2.45) is 0 Å². The van der Waals surface area contributed by atoms with Crippen molar-refractivity contribution in [3.8, 4) is 0 Å². The van der Waals surface area contributed by atoms with Gasteiger partial charge in [-0.3, -0.25) is 4.79 Å². The third-order valence-electron chi connectivity index (χ3n) is 3.44. The van der Waals surface area contributed by atoms with Gasteiger partial charge in [0.2, 0.25) is 0 Å². The molecule has 3 rings (SSSR count). The van der Waals surface area contributed by atoms with E-state index in [-0.39, 0.29) is 11.5 Å². The molecule has 0 aliphatic carbocycles. The standard InChI is InChI=1S/C17H15NO4S/c1-13(19)22-12-15-11-14-7-5-6-10-17(14)18(15)23(20,21)16-8-3-2-4-9-16/h2-11H,12H2,1H3.